The molecule has 0 radical (unpaired) electrons. The highest BCUT2D eigenvalue weighted by Crippen LogP contribution is 2.12. The van der Waals surface area contributed by atoms with Crippen molar-refractivity contribution in [3.63, 3.8) is 0 Å². The fourth-order valence-electron chi connectivity index (χ4n) is 2.85. The van der Waals surface area contributed by atoms with Crippen LogP contribution in [-0.2, 0) is 20.8 Å². The van der Waals surface area contributed by atoms with Gasteiger partial charge in [-0.3, -0.25) is 9.69 Å². The first kappa shape index (κ1) is 15.4. The van der Waals surface area contributed by atoms with Crippen molar-refractivity contribution in [3.05, 3.63) is 35.6 Å². The number of halogens is 1. The number of hydrogen-bond acceptors (Lipinski definition) is 4. The van der Waals surface area contributed by atoms with Gasteiger partial charge in [-0.05, 0) is 17.7 Å². The van der Waals surface area contributed by atoms with E-state index in [0.29, 0.717) is 39.5 Å². The average molecular weight is 308 g/mol. The van der Waals surface area contributed by atoms with Crippen LogP contribution in [0.2, 0.25) is 0 Å². The Morgan fingerprint density at radius 2 is 2.05 bits per heavy atom. The molecule has 5 nitrogen and oxygen atoms in total. The molecule has 1 atom stereocenters. The van der Waals surface area contributed by atoms with Gasteiger partial charge in [0.25, 0.3) is 5.91 Å². The second-order valence-electron chi connectivity index (χ2n) is 5.67. The molecule has 1 aromatic carbocycles. The topological polar surface area (TPSA) is 42.0 Å². The zero-order valence-electron chi connectivity index (χ0n) is 12.5. The van der Waals surface area contributed by atoms with Crippen molar-refractivity contribution in [2.75, 3.05) is 46.0 Å². The summed E-state index contributed by atoms with van der Waals surface area (Å²) < 4.78 is 23.9. The van der Waals surface area contributed by atoms with Crippen LogP contribution in [0.5, 0.6) is 0 Å². The van der Waals surface area contributed by atoms with Crippen molar-refractivity contribution in [2.45, 2.75) is 12.6 Å². The summed E-state index contributed by atoms with van der Waals surface area (Å²) in [6.07, 6.45) is -0.455. The van der Waals surface area contributed by atoms with Crippen LogP contribution in [0.15, 0.2) is 24.3 Å². The van der Waals surface area contributed by atoms with E-state index in [4.69, 9.17) is 9.47 Å². The third-order valence-electron chi connectivity index (χ3n) is 4.07. The van der Waals surface area contributed by atoms with Crippen molar-refractivity contribution >= 4 is 5.91 Å². The molecular formula is C16H21FN2O3. The normalized spacial score (nSPS) is 23.5. The predicted octanol–water partition coefficient (Wildman–Crippen LogP) is 0.885. The molecule has 22 heavy (non-hydrogen) atoms. The average Bonchev–Trinajstić information content (AvgIpc) is 2.56. The standard InChI is InChI=1S/C16H21FN2O3/c17-14-3-1-2-13(10-14)11-18-4-6-19(7-5-18)16(20)15-12-21-8-9-22-15/h1-3,10,15H,4-9,11-12H2. The van der Waals surface area contributed by atoms with E-state index in [-0.39, 0.29) is 11.7 Å². The van der Waals surface area contributed by atoms with Gasteiger partial charge in [-0.2, -0.15) is 0 Å². The van der Waals surface area contributed by atoms with Crippen molar-refractivity contribution in [1.29, 1.82) is 0 Å². The van der Waals surface area contributed by atoms with Gasteiger partial charge in [-0.1, -0.05) is 12.1 Å². The van der Waals surface area contributed by atoms with Gasteiger partial charge in [0.2, 0.25) is 0 Å². The minimum atomic E-state index is -0.455. The monoisotopic (exact) mass is 308 g/mol. The molecule has 6 heteroatoms. The maximum atomic E-state index is 13.2. The number of nitrogens with zero attached hydrogens (tertiary/aromatic N) is 2. The second kappa shape index (κ2) is 7.17. The Balaban J connectivity index is 1.48. The molecule has 1 unspecified atom stereocenters. The summed E-state index contributed by atoms with van der Waals surface area (Å²) in [7, 11) is 0. The highest BCUT2D eigenvalue weighted by molar-refractivity contribution is 5.81. The zero-order chi connectivity index (χ0) is 15.4. The van der Waals surface area contributed by atoms with Gasteiger partial charge < -0.3 is 14.4 Å². The molecule has 2 aliphatic rings. The third-order valence-corrected chi connectivity index (χ3v) is 4.07. The smallest absolute Gasteiger partial charge is 0.254 e. The zero-order valence-corrected chi connectivity index (χ0v) is 12.5. The third kappa shape index (κ3) is 3.82. The van der Waals surface area contributed by atoms with Crippen molar-refractivity contribution < 1.29 is 18.7 Å². The molecule has 0 aromatic heterocycles. The van der Waals surface area contributed by atoms with E-state index in [9.17, 15) is 9.18 Å². The van der Waals surface area contributed by atoms with Crippen molar-refractivity contribution in [2.24, 2.45) is 0 Å². The summed E-state index contributed by atoms with van der Waals surface area (Å²) in [6, 6.07) is 6.66. The fraction of sp³-hybridized carbons (Fsp3) is 0.562. The molecule has 2 fully saturated rings. The molecule has 1 amide bonds. The summed E-state index contributed by atoms with van der Waals surface area (Å²) in [4.78, 5) is 16.4. The number of rotatable bonds is 3. The molecule has 2 heterocycles. The Morgan fingerprint density at radius 3 is 2.73 bits per heavy atom. The van der Waals surface area contributed by atoms with Crippen LogP contribution in [0.4, 0.5) is 4.39 Å². The summed E-state index contributed by atoms with van der Waals surface area (Å²) >= 11 is 0. The first-order valence-electron chi connectivity index (χ1n) is 7.67. The van der Waals surface area contributed by atoms with Crippen LogP contribution in [-0.4, -0.2) is 67.8 Å². The quantitative estimate of drug-likeness (QED) is 0.831. The number of benzene rings is 1. The minimum Gasteiger partial charge on any atom is -0.376 e. The maximum absolute atomic E-state index is 13.2. The van der Waals surface area contributed by atoms with Crippen molar-refractivity contribution in [3.8, 4) is 0 Å². The van der Waals surface area contributed by atoms with Crippen LogP contribution in [0.25, 0.3) is 0 Å². The lowest BCUT2D eigenvalue weighted by molar-refractivity contribution is -0.159. The number of hydrogen-bond donors (Lipinski definition) is 0. The molecule has 0 spiro atoms. The van der Waals surface area contributed by atoms with E-state index in [1.54, 1.807) is 12.1 Å². The molecule has 0 bridgehead atoms. The largest absolute Gasteiger partial charge is 0.376 e. The van der Waals surface area contributed by atoms with E-state index in [2.05, 4.69) is 4.90 Å². The molecule has 2 aliphatic heterocycles. The van der Waals surface area contributed by atoms with Crippen molar-refractivity contribution in [1.82, 2.24) is 9.80 Å². The summed E-state index contributed by atoms with van der Waals surface area (Å²) in [5.41, 5.74) is 0.962. The SMILES string of the molecule is O=C(C1COCCO1)N1CCN(Cc2cccc(F)c2)CC1. The van der Waals surface area contributed by atoms with Gasteiger partial charge in [-0.15, -0.1) is 0 Å². The Kier molecular flexibility index (Phi) is 5.02. The summed E-state index contributed by atoms with van der Waals surface area (Å²) in [6.45, 7) is 5.03. The van der Waals surface area contributed by atoms with E-state index in [0.717, 1.165) is 18.7 Å². The minimum absolute atomic E-state index is 0.0186. The molecule has 0 aliphatic carbocycles. The van der Waals surface area contributed by atoms with Crippen LogP contribution < -0.4 is 0 Å². The Labute approximate surface area is 129 Å². The summed E-state index contributed by atoms with van der Waals surface area (Å²) in [5, 5.41) is 0. The number of carbonyl (C=O) groups is 1. The van der Waals surface area contributed by atoms with Crippen LogP contribution >= 0.6 is 0 Å². The maximum Gasteiger partial charge on any atom is 0.254 e. The lowest BCUT2D eigenvalue weighted by Crippen LogP contribution is -2.53. The van der Waals surface area contributed by atoms with Crippen LogP contribution in [0.3, 0.4) is 0 Å². The molecule has 0 N–H and O–H groups in total. The second-order valence-corrected chi connectivity index (χ2v) is 5.67. The number of carbonyl (C=O) groups excluding carboxylic acids is 1. The highest BCUT2D eigenvalue weighted by Gasteiger charge is 2.29. The lowest BCUT2D eigenvalue weighted by atomic mass is 10.2. The molecule has 1 aromatic rings. The van der Waals surface area contributed by atoms with E-state index in [1.807, 2.05) is 11.0 Å². The fourth-order valence-corrected chi connectivity index (χ4v) is 2.85. The van der Waals surface area contributed by atoms with Gasteiger partial charge in [-0.25, -0.2) is 4.39 Å². The highest BCUT2D eigenvalue weighted by atomic mass is 19.1. The van der Waals surface area contributed by atoms with Gasteiger partial charge in [0.05, 0.1) is 19.8 Å². The Morgan fingerprint density at radius 1 is 1.23 bits per heavy atom. The van der Waals surface area contributed by atoms with E-state index >= 15 is 0 Å². The lowest BCUT2D eigenvalue weighted by Gasteiger charge is -2.37. The van der Waals surface area contributed by atoms with Gasteiger partial charge in [0, 0.05) is 32.7 Å². The van der Waals surface area contributed by atoms with Gasteiger partial charge in [0.1, 0.15) is 5.82 Å². The van der Waals surface area contributed by atoms with E-state index in [1.165, 1.54) is 6.07 Å². The molecule has 3 rings (SSSR count). The van der Waals surface area contributed by atoms with Crippen LogP contribution in [0, 0.1) is 5.82 Å². The number of piperazine rings is 1. The molecular weight excluding hydrogens is 287 g/mol. The number of amides is 1. The predicted molar refractivity (Wildman–Crippen MR) is 78.8 cm³/mol. The Bertz CT molecular complexity index is 512. The molecule has 0 saturated carbocycles. The first-order valence-corrected chi connectivity index (χ1v) is 7.67. The molecule has 120 valence electrons. The van der Waals surface area contributed by atoms with Gasteiger partial charge in [0.15, 0.2) is 6.10 Å². The van der Waals surface area contributed by atoms with E-state index < -0.39 is 6.10 Å². The van der Waals surface area contributed by atoms with Crippen LogP contribution in [0.1, 0.15) is 5.56 Å². The summed E-state index contributed by atoms with van der Waals surface area (Å²) in [5.74, 6) is -0.189. The molecule has 2 saturated heterocycles. The number of ether oxygens (including phenoxy) is 2. The van der Waals surface area contributed by atoms with Gasteiger partial charge >= 0.3 is 0 Å². The Hall–Kier alpha value is -1.50. The first-order chi connectivity index (χ1) is 10.7.